The summed E-state index contributed by atoms with van der Waals surface area (Å²) in [5, 5.41) is 0. The van der Waals surface area contributed by atoms with Crippen molar-refractivity contribution in [2.75, 3.05) is 0 Å². The van der Waals surface area contributed by atoms with Gasteiger partial charge in [0.1, 0.15) is 63.5 Å². The Kier molecular flexibility index (Phi) is 18.9. The minimum Gasteiger partial charge on any atom is -0.300 e. The second kappa shape index (κ2) is 31.2. The number of pyridine rings is 10. The summed E-state index contributed by atoms with van der Waals surface area (Å²) in [4.78, 5) is 23.6. The van der Waals surface area contributed by atoms with Gasteiger partial charge in [0.2, 0.25) is 28.5 Å². The number of hydrogen-bond acceptors (Lipinski definition) is 5. The lowest BCUT2D eigenvalue weighted by atomic mass is 9.86. The van der Waals surface area contributed by atoms with E-state index in [0.717, 1.165) is 78.2 Å². The molecule has 0 saturated carbocycles. The molecule has 0 bridgehead atoms. The normalized spacial score (nSPS) is 12.5. The lowest BCUT2D eigenvalue weighted by Crippen LogP contribution is -2.32. The molecule has 20 aromatic rings. The lowest BCUT2D eigenvalue weighted by Gasteiger charge is -2.19. The second-order valence-electron chi connectivity index (χ2n) is 31.9. The number of rotatable bonds is 7. The third kappa shape index (κ3) is 14.6. The second-order valence-corrected chi connectivity index (χ2v) is 31.9. The van der Waals surface area contributed by atoms with Crippen LogP contribution in [0.2, 0.25) is 0 Å². The Hall–Kier alpha value is -13.4. The minimum absolute atomic E-state index is 0.0372. The zero-order chi connectivity index (χ0) is 85.4. The van der Waals surface area contributed by atoms with Crippen LogP contribution >= 0.6 is 0 Å². The first kappa shape index (κ1) is 70.5. The van der Waals surface area contributed by atoms with E-state index in [1.54, 1.807) is 44.6 Å². The molecule has 15 aromatic heterocycles. The van der Waals surface area contributed by atoms with Gasteiger partial charge < -0.3 is 0 Å². The van der Waals surface area contributed by atoms with Gasteiger partial charge in [-0.1, -0.05) is 65.0 Å². The van der Waals surface area contributed by atoms with Crippen molar-refractivity contribution in [3.05, 3.63) is 330 Å². The summed E-state index contributed by atoms with van der Waals surface area (Å²) >= 11 is 0. The quantitative estimate of drug-likeness (QED) is 0.148. The first-order chi connectivity index (χ1) is 57.8. The van der Waals surface area contributed by atoms with Gasteiger partial charge in [0.05, 0.1) is 83.0 Å². The van der Waals surface area contributed by atoms with Crippen LogP contribution in [0.4, 0.5) is 0 Å². The van der Waals surface area contributed by atoms with E-state index in [4.69, 9.17) is 26.8 Å². The molecule has 20 rings (SSSR count). The van der Waals surface area contributed by atoms with Crippen LogP contribution in [0.5, 0.6) is 0 Å². The largest absolute Gasteiger partial charge is 0.300 e. The molecular weight excluding hydrogens is 1420 g/mol. The van der Waals surface area contributed by atoms with Crippen LogP contribution in [-0.4, -0.2) is 46.9 Å². The zero-order valence-electron chi connectivity index (χ0n) is 74.3. The van der Waals surface area contributed by atoms with Crippen molar-refractivity contribution < 1.29 is 29.7 Å². The van der Waals surface area contributed by atoms with Gasteiger partial charge in [-0.05, 0) is 251 Å². The van der Waals surface area contributed by atoms with Crippen molar-refractivity contribution in [3.8, 4) is 56.3 Å². The van der Waals surface area contributed by atoms with Gasteiger partial charge in [-0.3, -0.25) is 22.0 Å². The van der Waals surface area contributed by atoms with Crippen molar-refractivity contribution in [3.63, 3.8) is 0 Å². The summed E-state index contributed by atoms with van der Waals surface area (Å²) in [6.45, 7) is 22.4. The van der Waals surface area contributed by atoms with Gasteiger partial charge in [-0.25, -0.2) is 47.8 Å². The summed E-state index contributed by atoms with van der Waals surface area (Å²) < 4.78 is 62.9. The molecule has 0 atom stereocenters. The third-order valence-electron chi connectivity index (χ3n) is 22.3. The molecule has 0 radical (unpaired) electrons. The SMILES string of the molecule is Cc1c(-c2cc(C(C)C)cc[n+]2C)ccc2nc3ccccn3c12.Cc1c(-c2cccc[n+]2C)ccc2nc3ccccn3c12.Cc1cc[n+](C)c(-c2ccc3nc4ccccn4c3c2C)c1.Cc1ccc(-c2ccc3nc4ccccn4c3c2C)[n+](C)c1.[2H]C([2H])([2H])c1c[n+](C)c(-c2ccc3c(nc4ccccn43)c2C)cc1C([2H])([2H])C(C)(C)C. The van der Waals surface area contributed by atoms with Crippen molar-refractivity contribution in [2.24, 2.45) is 40.7 Å². The Morgan fingerprint density at radius 3 is 1.19 bits per heavy atom. The average Bonchev–Trinajstić information content (AvgIpc) is 1.75. The maximum Gasteiger partial charge on any atom is 0.212 e. The Labute approximate surface area is 685 Å². The van der Waals surface area contributed by atoms with Crippen LogP contribution in [0.3, 0.4) is 0 Å². The van der Waals surface area contributed by atoms with E-state index in [0.29, 0.717) is 5.92 Å². The number of hydrogen-bond donors (Lipinski definition) is 0. The monoisotopic (exact) mass is 1530 g/mol. The fraction of sp³-hybridized carbons (Fsp3) is 0.208. The Balaban J connectivity index is 0.000000113. The van der Waals surface area contributed by atoms with Crippen LogP contribution in [0, 0.1) is 60.7 Å². The molecule has 0 aliphatic heterocycles. The van der Waals surface area contributed by atoms with E-state index in [1.807, 2.05) is 115 Å². The van der Waals surface area contributed by atoms with E-state index in [2.05, 4.69) is 283 Å². The number of aromatic nitrogens is 15. The van der Waals surface area contributed by atoms with Crippen LogP contribution in [0.25, 0.3) is 140 Å². The van der Waals surface area contributed by atoms with Gasteiger partial charge in [0, 0.05) is 97.5 Å². The predicted molar refractivity (Wildman–Crippen MR) is 472 cm³/mol. The minimum atomic E-state index is -2.43. The first-order valence-electron chi connectivity index (χ1n) is 42.1. The molecule has 116 heavy (non-hydrogen) atoms. The molecule has 15 nitrogen and oxygen atoms in total. The van der Waals surface area contributed by atoms with Crippen molar-refractivity contribution in [1.82, 2.24) is 46.9 Å². The van der Waals surface area contributed by atoms with Gasteiger partial charge in [-0.2, -0.15) is 0 Å². The summed E-state index contributed by atoms with van der Waals surface area (Å²) in [5.74, 6) is 0.518. The van der Waals surface area contributed by atoms with Gasteiger partial charge >= 0.3 is 0 Å². The Morgan fingerprint density at radius 1 is 0.353 bits per heavy atom. The fourth-order valence-corrected chi connectivity index (χ4v) is 16.3. The highest BCUT2D eigenvalue weighted by molar-refractivity contribution is 5.93. The lowest BCUT2D eigenvalue weighted by molar-refractivity contribution is -0.660. The molecule has 0 amide bonds. The summed E-state index contributed by atoms with van der Waals surface area (Å²) in [5.41, 5.74) is 36.5. The smallest absolute Gasteiger partial charge is 0.212 e. The number of aryl methyl sites for hydroxylation is 13. The molecule has 15 heteroatoms. The molecule has 0 aliphatic rings. The van der Waals surface area contributed by atoms with E-state index < -0.39 is 18.6 Å². The van der Waals surface area contributed by atoms with E-state index in [9.17, 15) is 0 Å². The molecule has 15 heterocycles. The number of imidazole rings is 5. The molecule has 0 fully saturated rings. The summed E-state index contributed by atoms with van der Waals surface area (Å²) in [6.07, 6.45) is 18.5. The van der Waals surface area contributed by atoms with Gasteiger partial charge in [-0.15, -0.1) is 0 Å². The molecule has 0 spiro atoms. The zero-order valence-corrected chi connectivity index (χ0v) is 69.3. The Morgan fingerprint density at radius 2 is 0.741 bits per heavy atom. The highest BCUT2D eigenvalue weighted by Gasteiger charge is 2.25. The van der Waals surface area contributed by atoms with E-state index >= 15 is 0 Å². The van der Waals surface area contributed by atoms with Crippen molar-refractivity contribution >= 4 is 83.4 Å². The fourth-order valence-electron chi connectivity index (χ4n) is 16.3. The van der Waals surface area contributed by atoms with Crippen molar-refractivity contribution in [1.29, 1.82) is 0 Å². The highest BCUT2D eigenvalue weighted by Crippen LogP contribution is 2.36. The number of benzene rings is 5. The van der Waals surface area contributed by atoms with Crippen LogP contribution in [0.15, 0.2) is 274 Å². The topological polar surface area (TPSA) is 106 Å². The van der Waals surface area contributed by atoms with Crippen molar-refractivity contribution in [2.45, 2.75) is 102 Å². The highest BCUT2D eigenvalue weighted by atomic mass is 15.0. The van der Waals surface area contributed by atoms with Crippen LogP contribution in [0.1, 0.15) is 103 Å². The Bertz CT molecular complexity index is 7440. The van der Waals surface area contributed by atoms with Crippen LogP contribution < -0.4 is 22.8 Å². The maximum atomic E-state index is 8.82. The molecule has 576 valence electrons. The third-order valence-corrected chi connectivity index (χ3v) is 22.3. The first-order valence-corrected chi connectivity index (χ1v) is 39.6. The van der Waals surface area contributed by atoms with Gasteiger partial charge in [0.25, 0.3) is 0 Å². The van der Waals surface area contributed by atoms with Gasteiger partial charge in [0.15, 0.2) is 31.0 Å². The number of fused-ring (bicyclic) bond motifs is 15. The van der Waals surface area contributed by atoms with Crippen LogP contribution in [-0.2, 0) is 41.6 Å². The standard InChI is InChI=1S/C24H28N3.C21H22N3.2C19H18N3.C18H16N3/c1-16-15-26(6)21(13-18(16)14-24(3,4)5)19-10-11-20-23(17(19)2)25-22-9-7-8-12-27(20)22;1-14(2)16-10-12-23(4)19(13-16)17-8-9-18-21(15(17)3)24-11-6-5-7-20(24)22-18;1-13-7-10-17(21(3)12-13)15-8-9-16-19(14(15)2)22-11-5-4-6-18(22)20-16;1-13-9-11-21(3)17(12-13)15-7-8-16-19(14(15)2)22-10-5-4-6-18(22)20-16;1-13-14(16-7-3-5-11-20(16)2)9-10-15-18(13)21-12-6-4-8-17(21)19-15/h7-13,15H,14H2,1-6H3;5-14H,1-4H3;2*4-12H,1-3H3;3-12H,1-2H3/q5*+1/i1D3,14D2;;;;. The summed E-state index contributed by atoms with van der Waals surface area (Å²) in [6, 6.07) is 72.8. The maximum absolute atomic E-state index is 8.82. The molecular formula is C101H102N15+5. The molecule has 5 aromatic carbocycles. The van der Waals surface area contributed by atoms with E-state index in [-0.39, 0.29) is 11.1 Å². The average molecular weight is 1530 g/mol. The predicted octanol–water partition coefficient (Wildman–Crippen LogP) is 20.1. The van der Waals surface area contributed by atoms with E-state index in [1.165, 1.54) is 106 Å². The molecule has 0 aliphatic carbocycles. The molecule has 0 N–H and O–H groups in total. The molecule has 0 saturated heterocycles. The molecule has 0 unspecified atom stereocenters. The summed E-state index contributed by atoms with van der Waals surface area (Å²) in [7, 11) is 10.2. The number of nitrogens with zero attached hydrogens (tertiary/aromatic N) is 15.